The topological polar surface area (TPSA) is 79.3 Å². The third-order valence-electron chi connectivity index (χ3n) is 3.19. The first-order valence-electron chi connectivity index (χ1n) is 6.07. The summed E-state index contributed by atoms with van der Waals surface area (Å²) in [6.45, 7) is 3.73. The van der Waals surface area contributed by atoms with Gasteiger partial charge in [0, 0.05) is 16.9 Å². The summed E-state index contributed by atoms with van der Waals surface area (Å²) < 4.78 is 0.706. The number of rotatable bonds is 6. The van der Waals surface area contributed by atoms with Crippen molar-refractivity contribution in [1.82, 2.24) is 10.3 Å². The summed E-state index contributed by atoms with van der Waals surface area (Å²) in [5, 5.41) is 11.8. The van der Waals surface area contributed by atoms with E-state index in [0.717, 1.165) is 0 Å². The van der Waals surface area contributed by atoms with Crippen LogP contribution in [-0.2, 0) is 4.79 Å². The molecule has 0 bridgehead atoms. The molecule has 0 aliphatic carbocycles. The van der Waals surface area contributed by atoms with Gasteiger partial charge in [-0.3, -0.25) is 14.6 Å². The molecular formula is C13H17BrN2O3. The summed E-state index contributed by atoms with van der Waals surface area (Å²) in [6, 6.07) is 1.65. The highest BCUT2D eigenvalue weighted by atomic mass is 79.9. The fraction of sp³-hybridized carbons (Fsp3) is 0.462. The van der Waals surface area contributed by atoms with Gasteiger partial charge >= 0.3 is 5.97 Å². The quantitative estimate of drug-likeness (QED) is 0.841. The normalized spacial score (nSPS) is 11.1. The van der Waals surface area contributed by atoms with Gasteiger partial charge in [0.05, 0.1) is 17.5 Å². The van der Waals surface area contributed by atoms with Gasteiger partial charge in [-0.25, -0.2) is 0 Å². The number of hydrogen-bond donors (Lipinski definition) is 2. The average Bonchev–Trinajstić information content (AvgIpc) is 2.37. The Bertz CT molecular complexity index is 473. The summed E-state index contributed by atoms with van der Waals surface area (Å²) in [4.78, 5) is 27.0. The van der Waals surface area contributed by atoms with Crippen LogP contribution in [0.4, 0.5) is 0 Å². The summed E-state index contributed by atoms with van der Waals surface area (Å²) in [7, 11) is 0. The number of aromatic nitrogens is 1. The third kappa shape index (κ3) is 4.31. The molecule has 1 aromatic heterocycles. The predicted octanol–water partition coefficient (Wildman–Crippen LogP) is 2.61. The SMILES string of the molecule is CCC(CC)(CC(=O)O)NC(=O)c1cncc(Br)c1. The van der Waals surface area contributed by atoms with E-state index in [2.05, 4.69) is 26.2 Å². The average molecular weight is 329 g/mol. The number of carboxylic acids is 1. The van der Waals surface area contributed by atoms with Crippen LogP contribution in [0.5, 0.6) is 0 Å². The Morgan fingerprint density at radius 3 is 2.47 bits per heavy atom. The van der Waals surface area contributed by atoms with Crippen molar-refractivity contribution in [1.29, 1.82) is 0 Å². The molecule has 2 N–H and O–H groups in total. The number of amides is 1. The van der Waals surface area contributed by atoms with E-state index in [9.17, 15) is 9.59 Å². The number of nitrogens with zero attached hydrogens (tertiary/aromatic N) is 1. The van der Waals surface area contributed by atoms with E-state index >= 15 is 0 Å². The van der Waals surface area contributed by atoms with Crippen molar-refractivity contribution in [3.05, 3.63) is 28.5 Å². The van der Waals surface area contributed by atoms with Gasteiger partial charge < -0.3 is 10.4 Å². The fourth-order valence-corrected chi connectivity index (χ4v) is 2.22. The second kappa shape index (κ2) is 6.65. The number of halogens is 1. The van der Waals surface area contributed by atoms with Gasteiger partial charge in [0.25, 0.3) is 5.91 Å². The Morgan fingerprint density at radius 2 is 2.00 bits per heavy atom. The number of pyridine rings is 1. The molecule has 0 unspecified atom stereocenters. The Kier molecular flexibility index (Phi) is 5.47. The first-order chi connectivity index (χ1) is 8.92. The first-order valence-corrected chi connectivity index (χ1v) is 6.86. The van der Waals surface area contributed by atoms with Gasteiger partial charge in [-0.1, -0.05) is 13.8 Å². The van der Waals surface area contributed by atoms with E-state index in [0.29, 0.717) is 22.9 Å². The zero-order valence-electron chi connectivity index (χ0n) is 10.9. The van der Waals surface area contributed by atoms with Gasteiger partial charge in [-0.2, -0.15) is 0 Å². The predicted molar refractivity (Wildman–Crippen MR) is 75.0 cm³/mol. The highest BCUT2D eigenvalue weighted by Crippen LogP contribution is 2.21. The lowest BCUT2D eigenvalue weighted by atomic mass is 9.88. The molecule has 0 spiro atoms. The number of carbonyl (C=O) groups excluding carboxylic acids is 1. The number of hydrogen-bond acceptors (Lipinski definition) is 3. The summed E-state index contributed by atoms with van der Waals surface area (Å²) in [6.07, 6.45) is 4.07. The van der Waals surface area contributed by atoms with Gasteiger partial charge in [-0.05, 0) is 34.8 Å². The first kappa shape index (κ1) is 15.6. The van der Waals surface area contributed by atoms with Crippen LogP contribution in [-0.4, -0.2) is 27.5 Å². The summed E-state index contributed by atoms with van der Waals surface area (Å²) in [5.74, 6) is -1.23. The van der Waals surface area contributed by atoms with Crippen molar-refractivity contribution in [2.75, 3.05) is 0 Å². The van der Waals surface area contributed by atoms with Crippen LogP contribution >= 0.6 is 15.9 Å². The Labute approximate surface area is 120 Å². The molecule has 1 aromatic rings. The molecule has 6 heteroatoms. The Balaban J connectivity index is 2.90. The largest absolute Gasteiger partial charge is 0.481 e. The molecule has 1 heterocycles. The Hall–Kier alpha value is -1.43. The molecule has 5 nitrogen and oxygen atoms in total. The lowest BCUT2D eigenvalue weighted by molar-refractivity contribution is -0.138. The number of carboxylic acid groups (broad SMARTS) is 1. The van der Waals surface area contributed by atoms with Crippen molar-refractivity contribution < 1.29 is 14.7 Å². The molecular weight excluding hydrogens is 312 g/mol. The molecule has 1 rings (SSSR count). The molecule has 0 saturated heterocycles. The van der Waals surface area contributed by atoms with Crippen molar-refractivity contribution in [2.45, 2.75) is 38.6 Å². The molecule has 0 atom stereocenters. The molecule has 104 valence electrons. The second-order valence-corrected chi connectivity index (χ2v) is 5.32. The van der Waals surface area contributed by atoms with Crippen LogP contribution < -0.4 is 5.32 Å². The van der Waals surface area contributed by atoms with Crippen molar-refractivity contribution in [3.8, 4) is 0 Å². The zero-order valence-corrected chi connectivity index (χ0v) is 12.5. The van der Waals surface area contributed by atoms with Gasteiger partial charge in [0.1, 0.15) is 0 Å². The lowest BCUT2D eigenvalue weighted by Gasteiger charge is -2.31. The Morgan fingerprint density at radius 1 is 1.37 bits per heavy atom. The summed E-state index contributed by atoms with van der Waals surface area (Å²) in [5.41, 5.74) is -0.309. The van der Waals surface area contributed by atoms with Crippen molar-refractivity contribution >= 4 is 27.8 Å². The molecule has 0 aliphatic heterocycles. The number of aliphatic carboxylic acids is 1. The van der Waals surface area contributed by atoms with E-state index in [4.69, 9.17) is 5.11 Å². The minimum Gasteiger partial charge on any atom is -0.481 e. The second-order valence-electron chi connectivity index (χ2n) is 4.40. The highest BCUT2D eigenvalue weighted by Gasteiger charge is 2.31. The maximum atomic E-state index is 12.1. The molecule has 1 amide bonds. The molecule has 0 fully saturated rings. The zero-order chi connectivity index (χ0) is 14.5. The molecule has 0 radical (unpaired) electrons. The minimum absolute atomic E-state index is 0.0901. The van der Waals surface area contributed by atoms with Crippen molar-refractivity contribution in [3.63, 3.8) is 0 Å². The van der Waals surface area contributed by atoms with E-state index in [1.54, 1.807) is 12.3 Å². The van der Waals surface area contributed by atoms with Gasteiger partial charge in [0.15, 0.2) is 0 Å². The van der Waals surface area contributed by atoms with E-state index in [1.807, 2.05) is 13.8 Å². The molecule has 19 heavy (non-hydrogen) atoms. The minimum atomic E-state index is -0.920. The van der Waals surface area contributed by atoms with Crippen molar-refractivity contribution in [2.24, 2.45) is 0 Å². The highest BCUT2D eigenvalue weighted by molar-refractivity contribution is 9.10. The number of nitrogens with one attached hydrogen (secondary N) is 1. The maximum Gasteiger partial charge on any atom is 0.305 e. The van der Waals surface area contributed by atoms with Crippen LogP contribution in [0.1, 0.15) is 43.5 Å². The molecule has 0 aromatic carbocycles. The summed E-state index contributed by atoms with van der Waals surface area (Å²) >= 11 is 3.25. The van der Waals surface area contributed by atoms with Gasteiger partial charge in [-0.15, -0.1) is 0 Å². The maximum absolute atomic E-state index is 12.1. The molecule has 0 aliphatic rings. The van der Waals surface area contributed by atoms with E-state index < -0.39 is 11.5 Å². The van der Waals surface area contributed by atoms with Crippen LogP contribution in [0, 0.1) is 0 Å². The van der Waals surface area contributed by atoms with E-state index in [1.165, 1.54) is 6.20 Å². The molecule has 0 saturated carbocycles. The smallest absolute Gasteiger partial charge is 0.305 e. The van der Waals surface area contributed by atoms with Crippen LogP contribution in [0.3, 0.4) is 0 Å². The number of carbonyl (C=O) groups is 2. The fourth-order valence-electron chi connectivity index (χ4n) is 1.86. The lowest BCUT2D eigenvalue weighted by Crippen LogP contribution is -2.49. The van der Waals surface area contributed by atoms with E-state index in [-0.39, 0.29) is 12.3 Å². The van der Waals surface area contributed by atoms with Crippen LogP contribution in [0.15, 0.2) is 22.9 Å². The standard InChI is InChI=1S/C13H17BrN2O3/c1-3-13(4-2,6-11(17)18)16-12(19)9-5-10(14)8-15-7-9/h5,7-8H,3-4,6H2,1-2H3,(H,16,19)(H,17,18). The van der Waals surface area contributed by atoms with Crippen LogP contribution in [0.2, 0.25) is 0 Å². The van der Waals surface area contributed by atoms with Gasteiger partial charge in [0.2, 0.25) is 0 Å². The van der Waals surface area contributed by atoms with Crippen LogP contribution in [0.25, 0.3) is 0 Å². The monoisotopic (exact) mass is 328 g/mol. The third-order valence-corrected chi connectivity index (χ3v) is 3.62.